The average Bonchev–Trinajstić information content (AvgIpc) is 3.39. The number of unbranched alkanes of at least 4 members (excludes halogenated alkanes) is 3. The number of ether oxygens (including phenoxy) is 1. The predicted octanol–water partition coefficient (Wildman–Crippen LogP) is 0.341. The molecule has 1 fully saturated rings. The number of alkyl halides is 1. The summed E-state index contributed by atoms with van der Waals surface area (Å²) in [5.74, 6) is 0.325. The number of rotatable bonds is 16. The van der Waals surface area contributed by atoms with Crippen molar-refractivity contribution in [1.82, 2.24) is 24.8 Å². The summed E-state index contributed by atoms with van der Waals surface area (Å²) in [4.78, 5) is 60.4. The number of phosphoric acid groups is 2. The minimum Gasteiger partial charge on any atom is -0.387 e. The molecule has 23 heteroatoms. The first kappa shape index (κ1) is 34.1. The Morgan fingerprint density at radius 3 is 2.34 bits per heavy atom. The van der Waals surface area contributed by atoms with Crippen LogP contribution in [0.4, 0.5) is 5.82 Å². The highest BCUT2D eigenvalue weighted by atomic mass is 79.9. The zero-order valence-corrected chi connectivity index (χ0v) is 25.4. The zero-order chi connectivity index (χ0) is 30.4. The molecule has 3 heterocycles. The lowest BCUT2D eigenvalue weighted by Gasteiger charge is -2.20. The van der Waals surface area contributed by atoms with E-state index >= 15 is 0 Å². The van der Waals surface area contributed by atoms with Crippen molar-refractivity contribution >= 4 is 62.1 Å². The maximum Gasteiger partial charge on any atom is 0.488 e. The summed E-state index contributed by atoms with van der Waals surface area (Å²) in [6.45, 7) is 1.16. The second-order valence-corrected chi connectivity index (χ2v) is 14.3. The van der Waals surface area contributed by atoms with Crippen LogP contribution in [-0.4, -0.2) is 98.1 Å². The number of halogens is 1. The van der Waals surface area contributed by atoms with Crippen molar-refractivity contribution in [2.24, 2.45) is 0 Å². The van der Waals surface area contributed by atoms with Gasteiger partial charge in [-0.25, -0.2) is 28.4 Å². The first-order chi connectivity index (χ1) is 19.1. The Morgan fingerprint density at radius 1 is 1.00 bits per heavy atom. The molecule has 0 saturated carbocycles. The lowest BCUT2D eigenvalue weighted by Crippen LogP contribution is -2.33. The molecule has 2 aromatic heterocycles. The molecule has 1 aliphatic rings. The SMILES string of the molecule is O=C(CBr)NCCCCCCNc1ncnc2c1ncn2C1OC(CP(=O)(O)OP(=O)(O)OP(=O)(O)O)C(O)C1O. The Balaban J connectivity index is 1.60. The zero-order valence-electron chi connectivity index (χ0n) is 21.2. The van der Waals surface area contributed by atoms with E-state index in [0.717, 1.165) is 25.7 Å². The highest BCUT2D eigenvalue weighted by Gasteiger charge is 2.49. The number of fused-ring (bicyclic) bond motifs is 1. The lowest BCUT2D eigenvalue weighted by molar-refractivity contribution is -0.118. The van der Waals surface area contributed by atoms with Crippen LogP contribution in [0.2, 0.25) is 0 Å². The van der Waals surface area contributed by atoms with Gasteiger partial charge in [-0.05, 0) is 12.8 Å². The third kappa shape index (κ3) is 10.1. The largest absolute Gasteiger partial charge is 0.488 e. The molecule has 8 N–H and O–H groups in total. The highest BCUT2D eigenvalue weighted by Crippen LogP contribution is 2.66. The number of imidazole rings is 1. The van der Waals surface area contributed by atoms with Crippen molar-refractivity contribution < 1.29 is 61.6 Å². The number of carbonyl (C=O) groups is 1. The van der Waals surface area contributed by atoms with Crippen LogP contribution in [0.3, 0.4) is 0 Å². The Morgan fingerprint density at radius 2 is 1.68 bits per heavy atom. The number of aliphatic hydroxyl groups excluding tert-OH is 2. The van der Waals surface area contributed by atoms with Crippen LogP contribution in [-0.2, 0) is 31.8 Å². The minimum absolute atomic E-state index is 0.0637. The predicted molar refractivity (Wildman–Crippen MR) is 144 cm³/mol. The summed E-state index contributed by atoms with van der Waals surface area (Å²) < 4.78 is 49.1. The van der Waals surface area contributed by atoms with E-state index < -0.39 is 53.9 Å². The molecule has 1 amide bonds. The quantitative estimate of drug-likeness (QED) is 0.0662. The number of hydrogen-bond donors (Lipinski definition) is 8. The molecular formula is C18H30BrN6O13P3. The second-order valence-electron chi connectivity index (χ2n) is 8.86. The van der Waals surface area contributed by atoms with Crippen LogP contribution in [0.25, 0.3) is 11.2 Å². The monoisotopic (exact) mass is 710 g/mol. The van der Waals surface area contributed by atoms with Gasteiger partial charge < -0.3 is 45.2 Å². The van der Waals surface area contributed by atoms with Crippen molar-refractivity contribution in [3.8, 4) is 0 Å². The van der Waals surface area contributed by atoms with Crippen molar-refractivity contribution in [2.45, 2.75) is 50.2 Å². The Hall–Kier alpha value is -1.37. The van der Waals surface area contributed by atoms with Gasteiger partial charge in [0.1, 0.15) is 24.6 Å². The molecule has 41 heavy (non-hydrogen) atoms. The smallest absolute Gasteiger partial charge is 0.387 e. The molecule has 0 radical (unpaired) electrons. The summed E-state index contributed by atoms with van der Waals surface area (Å²) >= 11 is 3.08. The van der Waals surface area contributed by atoms with Gasteiger partial charge in [0.05, 0.1) is 17.8 Å². The van der Waals surface area contributed by atoms with Crippen LogP contribution in [0.1, 0.15) is 31.9 Å². The number of aliphatic hydroxyl groups is 2. The molecular weight excluding hydrogens is 681 g/mol. The molecule has 1 aliphatic heterocycles. The van der Waals surface area contributed by atoms with E-state index in [1.807, 2.05) is 0 Å². The van der Waals surface area contributed by atoms with Crippen LogP contribution in [0, 0.1) is 0 Å². The number of anilines is 1. The molecule has 232 valence electrons. The number of nitrogens with zero attached hydrogens (tertiary/aromatic N) is 4. The van der Waals surface area contributed by atoms with Crippen molar-refractivity contribution in [3.05, 3.63) is 12.7 Å². The number of amides is 1. The van der Waals surface area contributed by atoms with Gasteiger partial charge in [-0.2, -0.15) is 4.31 Å². The fourth-order valence-electron chi connectivity index (χ4n) is 3.93. The van der Waals surface area contributed by atoms with Gasteiger partial charge in [0.15, 0.2) is 23.2 Å². The fraction of sp³-hybridized carbons (Fsp3) is 0.667. The molecule has 0 spiro atoms. The third-order valence-electron chi connectivity index (χ3n) is 5.66. The average molecular weight is 711 g/mol. The van der Waals surface area contributed by atoms with E-state index in [4.69, 9.17) is 14.5 Å². The van der Waals surface area contributed by atoms with E-state index in [1.165, 1.54) is 17.2 Å². The van der Waals surface area contributed by atoms with Crippen molar-refractivity contribution in [1.29, 1.82) is 0 Å². The summed E-state index contributed by atoms with van der Waals surface area (Å²) in [6, 6.07) is 0. The van der Waals surface area contributed by atoms with Gasteiger partial charge in [0.25, 0.3) is 0 Å². The van der Waals surface area contributed by atoms with Crippen LogP contribution < -0.4 is 10.6 Å². The molecule has 0 bridgehead atoms. The first-order valence-corrected chi connectivity index (χ1v) is 17.9. The topological polar surface area (TPSA) is 285 Å². The summed E-state index contributed by atoms with van der Waals surface area (Å²) in [5, 5.41) is 27.2. The number of hydrogen-bond acceptors (Lipinski definition) is 13. The normalized spacial score (nSPS) is 24.2. The van der Waals surface area contributed by atoms with Crippen LogP contribution in [0.5, 0.6) is 0 Å². The van der Waals surface area contributed by atoms with Crippen LogP contribution >= 0.6 is 39.2 Å². The van der Waals surface area contributed by atoms with E-state index in [9.17, 15) is 38.5 Å². The number of aromatic nitrogens is 4. The Bertz CT molecular complexity index is 1340. The van der Waals surface area contributed by atoms with Crippen molar-refractivity contribution in [3.63, 3.8) is 0 Å². The van der Waals surface area contributed by atoms with E-state index in [1.54, 1.807) is 0 Å². The van der Waals surface area contributed by atoms with Gasteiger partial charge >= 0.3 is 23.2 Å². The van der Waals surface area contributed by atoms with E-state index in [2.05, 4.69) is 50.1 Å². The minimum atomic E-state index is -5.68. The maximum absolute atomic E-state index is 12.3. The lowest BCUT2D eigenvalue weighted by atomic mass is 10.1. The molecule has 2 aromatic rings. The third-order valence-corrected chi connectivity index (χ3v) is 10.5. The summed E-state index contributed by atoms with van der Waals surface area (Å²) in [7, 11) is -16.4. The molecule has 6 atom stereocenters. The summed E-state index contributed by atoms with van der Waals surface area (Å²) in [6.07, 6.45) is -1.63. The number of nitrogens with one attached hydrogen (secondary N) is 2. The fourth-order valence-corrected chi connectivity index (χ4v) is 7.91. The van der Waals surface area contributed by atoms with Gasteiger partial charge in [-0.1, -0.05) is 28.8 Å². The second kappa shape index (κ2) is 14.4. The highest BCUT2D eigenvalue weighted by molar-refractivity contribution is 9.09. The molecule has 1 saturated heterocycles. The first-order valence-electron chi connectivity index (χ1n) is 12.0. The Labute approximate surface area is 241 Å². The standard InChI is InChI=1S/C18H30BrN6O13P3/c19-7-12(26)20-5-3-1-2-4-6-21-16-13-17(23-9-22-16)25(10-24-13)18-15(28)14(27)11(36-18)8-39(29,30)37-41(34,35)38-40(31,32)33/h9-11,14-15,18,27-28H,1-8H2,(H,20,26)(H,29,30)(H,34,35)(H,21,22,23)(H2,31,32,33). The molecule has 6 unspecified atom stereocenters. The molecule has 0 aliphatic carbocycles. The maximum atomic E-state index is 12.3. The van der Waals surface area contributed by atoms with Crippen molar-refractivity contribution in [2.75, 3.05) is 29.9 Å². The number of carbonyl (C=O) groups excluding carboxylic acids is 1. The molecule has 3 rings (SSSR count). The molecule has 19 nitrogen and oxygen atoms in total. The Kier molecular flexibility index (Phi) is 12.0. The summed E-state index contributed by atoms with van der Waals surface area (Å²) in [5.41, 5.74) is 0.506. The van der Waals surface area contributed by atoms with Gasteiger partial charge in [0.2, 0.25) is 5.91 Å². The van der Waals surface area contributed by atoms with Gasteiger partial charge in [0, 0.05) is 13.1 Å². The van der Waals surface area contributed by atoms with E-state index in [-0.39, 0.29) is 16.9 Å². The van der Waals surface area contributed by atoms with Gasteiger partial charge in [-0.3, -0.25) is 13.9 Å². The van der Waals surface area contributed by atoms with Gasteiger partial charge in [-0.15, -0.1) is 0 Å². The molecule has 0 aromatic carbocycles. The van der Waals surface area contributed by atoms with E-state index in [0.29, 0.717) is 24.4 Å². The van der Waals surface area contributed by atoms with Crippen LogP contribution in [0.15, 0.2) is 12.7 Å².